The summed E-state index contributed by atoms with van der Waals surface area (Å²) in [5, 5.41) is 17.5. The van der Waals surface area contributed by atoms with Gasteiger partial charge in [0.15, 0.2) is 9.84 Å². The molecule has 2 unspecified atom stereocenters. The second-order valence-electron chi connectivity index (χ2n) is 5.16. The van der Waals surface area contributed by atoms with Crippen molar-refractivity contribution in [2.45, 2.75) is 31.8 Å². The minimum Gasteiger partial charge on any atom is -0.481 e. The summed E-state index contributed by atoms with van der Waals surface area (Å²) in [5.74, 6) is -1.66. The van der Waals surface area contributed by atoms with Crippen molar-refractivity contribution in [3.8, 4) is 6.07 Å². The van der Waals surface area contributed by atoms with Crippen LogP contribution in [0.3, 0.4) is 0 Å². The van der Waals surface area contributed by atoms with Crippen LogP contribution in [0, 0.1) is 11.3 Å². The Kier molecular flexibility index (Phi) is 5.54. The van der Waals surface area contributed by atoms with Gasteiger partial charge in [0.2, 0.25) is 0 Å². The van der Waals surface area contributed by atoms with Gasteiger partial charge in [-0.25, -0.2) is 13.2 Å². The first kappa shape index (κ1) is 17.2. The molecule has 9 heteroatoms. The smallest absolute Gasteiger partial charge is 0.320 e. The van der Waals surface area contributed by atoms with Gasteiger partial charge < -0.3 is 14.9 Å². The third-order valence-electron chi connectivity index (χ3n) is 3.54. The molecule has 8 nitrogen and oxygen atoms in total. The third kappa shape index (κ3) is 4.60. The van der Waals surface area contributed by atoms with E-state index in [2.05, 4.69) is 0 Å². The van der Waals surface area contributed by atoms with E-state index in [-0.39, 0.29) is 30.5 Å². The highest BCUT2D eigenvalue weighted by atomic mass is 32.2. The Bertz CT molecular complexity index is 554. The molecule has 1 rings (SSSR count). The molecular weight excluding hydrogens is 298 g/mol. The lowest BCUT2D eigenvalue weighted by Gasteiger charge is -2.38. The van der Waals surface area contributed by atoms with Gasteiger partial charge >= 0.3 is 12.0 Å². The lowest BCUT2D eigenvalue weighted by Crippen LogP contribution is -2.56. The zero-order chi connectivity index (χ0) is 16.2. The van der Waals surface area contributed by atoms with Crippen LogP contribution in [0.5, 0.6) is 0 Å². The average Bonchev–Trinajstić information content (AvgIpc) is 2.36. The van der Waals surface area contributed by atoms with Crippen LogP contribution >= 0.6 is 0 Å². The van der Waals surface area contributed by atoms with Gasteiger partial charge in [0, 0.05) is 19.6 Å². The van der Waals surface area contributed by atoms with Crippen LogP contribution in [0.4, 0.5) is 4.79 Å². The van der Waals surface area contributed by atoms with Crippen molar-refractivity contribution in [3.05, 3.63) is 0 Å². The normalized spacial score (nSPS) is 22.1. The van der Waals surface area contributed by atoms with E-state index in [0.717, 1.165) is 0 Å². The Morgan fingerprint density at radius 2 is 2.14 bits per heavy atom. The molecule has 0 radical (unpaired) electrons. The number of carbonyl (C=O) groups excluding carboxylic acids is 1. The molecule has 1 aliphatic heterocycles. The minimum absolute atomic E-state index is 0.0251. The average molecular weight is 317 g/mol. The number of carbonyl (C=O) groups is 2. The van der Waals surface area contributed by atoms with E-state index < -0.39 is 34.3 Å². The molecule has 21 heavy (non-hydrogen) atoms. The maximum Gasteiger partial charge on any atom is 0.320 e. The summed E-state index contributed by atoms with van der Waals surface area (Å²) < 4.78 is 23.3. The van der Waals surface area contributed by atoms with E-state index in [4.69, 9.17) is 10.4 Å². The second kappa shape index (κ2) is 6.76. The second-order valence-corrected chi connectivity index (χ2v) is 7.39. The molecular formula is C12H19N3O5S. The number of sulfone groups is 1. The van der Waals surface area contributed by atoms with Gasteiger partial charge in [0.05, 0.1) is 36.5 Å². The fraction of sp³-hybridized carbons (Fsp3) is 0.750. The molecule has 0 saturated carbocycles. The quantitative estimate of drug-likeness (QED) is 0.774. The topological polar surface area (TPSA) is 119 Å². The van der Waals surface area contributed by atoms with Crippen molar-refractivity contribution < 1.29 is 23.1 Å². The summed E-state index contributed by atoms with van der Waals surface area (Å²) in [6.07, 6.45) is -0.260. The van der Waals surface area contributed by atoms with Gasteiger partial charge in [0.1, 0.15) is 0 Å². The Labute approximate surface area is 123 Å². The summed E-state index contributed by atoms with van der Waals surface area (Å²) in [5.41, 5.74) is 0. The van der Waals surface area contributed by atoms with Crippen molar-refractivity contribution >= 4 is 21.8 Å². The molecule has 1 N–H and O–H groups in total. The number of amides is 2. The number of hydrogen-bond donors (Lipinski definition) is 1. The Morgan fingerprint density at radius 3 is 2.67 bits per heavy atom. The molecule has 0 spiro atoms. The molecule has 1 fully saturated rings. The zero-order valence-corrected chi connectivity index (χ0v) is 12.8. The first-order valence-electron chi connectivity index (χ1n) is 6.50. The molecule has 1 saturated heterocycles. The molecule has 0 aromatic heterocycles. The van der Waals surface area contributed by atoms with Crippen molar-refractivity contribution in [1.82, 2.24) is 9.80 Å². The van der Waals surface area contributed by atoms with Crippen LogP contribution in [0.1, 0.15) is 19.8 Å². The fourth-order valence-electron chi connectivity index (χ4n) is 2.17. The lowest BCUT2D eigenvalue weighted by atomic mass is 10.2. The molecule has 0 aliphatic carbocycles. The molecule has 0 aromatic rings. The van der Waals surface area contributed by atoms with Crippen molar-refractivity contribution in [2.24, 2.45) is 0 Å². The summed E-state index contributed by atoms with van der Waals surface area (Å²) >= 11 is 0. The molecule has 0 aromatic carbocycles. The maximum atomic E-state index is 12.4. The van der Waals surface area contributed by atoms with E-state index in [1.54, 1.807) is 6.92 Å². The summed E-state index contributed by atoms with van der Waals surface area (Å²) in [7, 11) is -1.81. The molecule has 1 heterocycles. The summed E-state index contributed by atoms with van der Waals surface area (Å²) in [6.45, 7) is 1.68. The van der Waals surface area contributed by atoms with Crippen LogP contribution < -0.4 is 0 Å². The number of carboxylic acids is 1. The van der Waals surface area contributed by atoms with Gasteiger partial charge in [-0.3, -0.25) is 4.79 Å². The first-order valence-corrected chi connectivity index (χ1v) is 8.32. The lowest BCUT2D eigenvalue weighted by molar-refractivity contribution is -0.138. The third-order valence-corrected chi connectivity index (χ3v) is 5.23. The van der Waals surface area contributed by atoms with E-state index in [9.17, 15) is 18.0 Å². The number of urea groups is 1. The van der Waals surface area contributed by atoms with Gasteiger partial charge in [-0.2, -0.15) is 5.26 Å². The number of nitrogens with zero attached hydrogens (tertiary/aromatic N) is 3. The Morgan fingerprint density at radius 1 is 1.52 bits per heavy atom. The van der Waals surface area contributed by atoms with Crippen LogP contribution in [0.25, 0.3) is 0 Å². The monoisotopic (exact) mass is 317 g/mol. The largest absolute Gasteiger partial charge is 0.481 e. The Hall–Kier alpha value is -1.82. The highest BCUT2D eigenvalue weighted by Crippen LogP contribution is 2.18. The maximum absolute atomic E-state index is 12.4. The zero-order valence-electron chi connectivity index (χ0n) is 12.0. The van der Waals surface area contributed by atoms with Gasteiger partial charge in [-0.05, 0) is 6.92 Å². The first-order chi connectivity index (χ1) is 9.68. The molecule has 1 aliphatic rings. The van der Waals surface area contributed by atoms with Gasteiger partial charge in [-0.1, -0.05) is 0 Å². The van der Waals surface area contributed by atoms with Crippen LogP contribution in [0.15, 0.2) is 0 Å². The van der Waals surface area contributed by atoms with Gasteiger partial charge in [0.25, 0.3) is 0 Å². The van der Waals surface area contributed by atoms with Crippen molar-refractivity contribution in [3.63, 3.8) is 0 Å². The summed E-state index contributed by atoms with van der Waals surface area (Å²) in [6, 6.07) is 0.318. The predicted octanol–water partition coefficient (Wildman–Crippen LogP) is -0.0859. The van der Waals surface area contributed by atoms with Crippen LogP contribution in [-0.2, 0) is 14.6 Å². The number of aliphatic carboxylic acids is 1. The van der Waals surface area contributed by atoms with Crippen LogP contribution in [0.2, 0.25) is 0 Å². The van der Waals surface area contributed by atoms with Crippen molar-refractivity contribution in [1.29, 1.82) is 5.26 Å². The summed E-state index contributed by atoms with van der Waals surface area (Å²) in [4.78, 5) is 25.9. The number of rotatable bonds is 4. The molecule has 2 amide bonds. The van der Waals surface area contributed by atoms with E-state index in [0.29, 0.717) is 0 Å². The molecule has 0 bridgehead atoms. The SMILES string of the molecule is CC(CC#N)N(C)C(=O)N1CCS(=O)(=O)CC1CC(=O)O. The van der Waals surface area contributed by atoms with Crippen LogP contribution in [-0.4, -0.2) is 72.5 Å². The number of carboxylic acid groups (broad SMARTS) is 1. The number of hydrogen-bond acceptors (Lipinski definition) is 5. The number of nitriles is 1. The Balaban J connectivity index is 2.89. The fourth-order valence-corrected chi connectivity index (χ4v) is 3.69. The molecule has 118 valence electrons. The van der Waals surface area contributed by atoms with E-state index >= 15 is 0 Å². The molecule has 2 atom stereocenters. The van der Waals surface area contributed by atoms with E-state index in [1.165, 1.54) is 16.8 Å². The highest BCUT2D eigenvalue weighted by molar-refractivity contribution is 7.91. The highest BCUT2D eigenvalue weighted by Gasteiger charge is 2.37. The van der Waals surface area contributed by atoms with E-state index in [1.807, 2.05) is 6.07 Å². The standard InChI is InChI=1S/C12H19N3O5S/c1-9(3-4-13)14(2)12(18)15-5-6-21(19,20)8-10(15)7-11(16)17/h9-10H,3,5-8H2,1-2H3,(H,16,17). The van der Waals surface area contributed by atoms with Crippen molar-refractivity contribution in [2.75, 3.05) is 25.1 Å². The van der Waals surface area contributed by atoms with Gasteiger partial charge in [-0.15, -0.1) is 0 Å². The predicted molar refractivity (Wildman–Crippen MR) is 74.3 cm³/mol. The minimum atomic E-state index is -3.33.